The van der Waals surface area contributed by atoms with Gasteiger partial charge in [-0.05, 0) is 29.7 Å². The molecule has 1 heterocycles. The van der Waals surface area contributed by atoms with Crippen molar-refractivity contribution >= 4 is 27.3 Å². The predicted molar refractivity (Wildman–Crippen MR) is 76.7 cm³/mol. The van der Waals surface area contributed by atoms with Crippen molar-refractivity contribution in [3.05, 3.63) is 29.1 Å². The maximum atomic E-state index is 14.1. The van der Waals surface area contributed by atoms with Crippen molar-refractivity contribution in [2.24, 2.45) is 0 Å². The van der Waals surface area contributed by atoms with Crippen LogP contribution in [-0.2, 0) is 15.6 Å². The van der Waals surface area contributed by atoms with Crippen LogP contribution in [0.1, 0.15) is 17.7 Å². The average molecular weight is 315 g/mol. The van der Waals surface area contributed by atoms with Gasteiger partial charge in [-0.25, -0.2) is 14.3 Å². The van der Waals surface area contributed by atoms with Crippen LogP contribution in [0.2, 0.25) is 0 Å². The number of thiophene rings is 1. The lowest BCUT2D eigenvalue weighted by molar-refractivity contribution is -0.133. The predicted octanol–water partition coefficient (Wildman–Crippen LogP) is 3.46. The number of benzene rings is 1. The second-order valence-corrected chi connectivity index (χ2v) is 5.53. The molecular formula is C14H15F2NO3S. The number of ether oxygens (including phenoxy) is 1. The molecule has 0 unspecified atom stereocenters. The Bertz CT molecular complexity index is 642. The molecule has 0 aliphatic rings. The van der Waals surface area contributed by atoms with E-state index in [1.54, 1.807) is 18.2 Å². The molecular weight excluding hydrogens is 300 g/mol. The van der Waals surface area contributed by atoms with Gasteiger partial charge in [0.15, 0.2) is 0 Å². The first-order valence-corrected chi connectivity index (χ1v) is 7.05. The zero-order valence-electron chi connectivity index (χ0n) is 11.6. The van der Waals surface area contributed by atoms with Gasteiger partial charge < -0.3 is 4.74 Å². The van der Waals surface area contributed by atoms with E-state index in [2.05, 4.69) is 4.84 Å². The number of methoxy groups -OCH3 is 1. The highest BCUT2D eigenvalue weighted by Gasteiger charge is 2.34. The van der Waals surface area contributed by atoms with Gasteiger partial charge in [0.1, 0.15) is 5.75 Å². The standard InChI is InChI=1S/C14H15F2NO3S/c1-19-10-3-4-11-9(7-10)8-12(21-11)14(15,16)6-5-13(18)17-20-2/h3-4,7-8H,5-6H2,1-2H3,(H,17,18). The van der Waals surface area contributed by atoms with Crippen LogP contribution < -0.4 is 10.2 Å². The van der Waals surface area contributed by atoms with Crippen LogP contribution in [0.5, 0.6) is 5.75 Å². The van der Waals surface area contributed by atoms with Crippen LogP contribution in [0.4, 0.5) is 8.78 Å². The van der Waals surface area contributed by atoms with Crippen molar-refractivity contribution in [3.8, 4) is 5.75 Å². The molecule has 0 saturated carbocycles. The summed E-state index contributed by atoms with van der Waals surface area (Å²) >= 11 is 1.02. The van der Waals surface area contributed by atoms with Crippen molar-refractivity contribution in [1.82, 2.24) is 5.48 Å². The Morgan fingerprint density at radius 3 is 2.76 bits per heavy atom. The Balaban J connectivity index is 2.17. The highest BCUT2D eigenvalue weighted by molar-refractivity contribution is 7.19. The molecule has 0 fully saturated rings. The maximum Gasteiger partial charge on any atom is 0.282 e. The maximum absolute atomic E-state index is 14.1. The third-order valence-corrected chi connectivity index (χ3v) is 4.19. The van der Waals surface area contributed by atoms with Crippen LogP contribution in [0.3, 0.4) is 0 Å². The van der Waals surface area contributed by atoms with Crippen LogP contribution in [0.25, 0.3) is 10.1 Å². The number of hydrogen-bond donors (Lipinski definition) is 1. The molecule has 114 valence electrons. The van der Waals surface area contributed by atoms with E-state index in [9.17, 15) is 13.6 Å². The molecule has 0 bridgehead atoms. The molecule has 0 spiro atoms. The Morgan fingerprint density at radius 1 is 1.33 bits per heavy atom. The number of alkyl halides is 2. The van der Waals surface area contributed by atoms with Crippen LogP contribution in [-0.4, -0.2) is 20.1 Å². The summed E-state index contributed by atoms with van der Waals surface area (Å²) in [6, 6.07) is 6.63. The number of carbonyl (C=O) groups excluding carboxylic acids is 1. The van der Waals surface area contributed by atoms with Crippen molar-refractivity contribution in [3.63, 3.8) is 0 Å². The molecule has 1 aromatic carbocycles. The van der Waals surface area contributed by atoms with Crippen molar-refractivity contribution < 1.29 is 23.1 Å². The number of amides is 1. The minimum atomic E-state index is -3.05. The molecule has 1 N–H and O–H groups in total. The zero-order valence-corrected chi connectivity index (χ0v) is 12.4. The van der Waals surface area contributed by atoms with E-state index >= 15 is 0 Å². The Labute approximate surface area is 124 Å². The van der Waals surface area contributed by atoms with Crippen LogP contribution in [0, 0.1) is 0 Å². The molecule has 0 saturated heterocycles. The molecule has 0 atom stereocenters. The Morgan fingerprint density at radius 2 is 2.10 bits per heavy atom. The van der Waals surface area contributed by atoms with E-state index in [0.717, 1.165) is 16.0 Å². The van der Waals surface area contributed by atoms with Gasteiger partial charge in [0, 0.05) is 17.5 Å². The molecule has 0 aliphatic heterocycles. The first-order valence-electron chi connectivity index (χ1n) is 6.24. The summed E-state index contributed by atoms with van der Waals surface area (Å²) < 4.78 is 34.1. The second kappa shape index (κ2) is 6.36. The number of hydroxylamine groups is 1. The number of nitrogens with one attached hydrogen (secondary N) is 1. The Hall–Kier alpha value is -1.73. The minimum absolute atomic E-state index is 0.0593. The molecule has 0 aliphatic carbocycles. The third-order valence-electron chi connectivity index (χ3n) is 2.97. The van der Waals surface area contributed by atoms with E-state index in [1.165, 1.54) is 20.3 Å². The van der Waals surface area contributed by atoms with Crippen LogP contribution >= 0.6 is 11.3 Å². The number of fused-ring (bicyclic) bond motifs is 1. The van der Waals surface area contributed by atoms with E-state index in [-0.39, 0.29) is 11.3 Å². The van der Waals surface area contributed by atoms with Crippen molar-refractivity contribution in [2.75, 3.05) is 14.2 Å². The summed E-state index contributed by atoms with van der Waals surface area (Å²) in [7, 11) is 2.78. The topological polar surface area (TPSA) is 47.6 Å². The summed E-state index contributed by atoms with van der Waals surface area (Å²) in [6.07, 6.45) is -0.870. The zero-order chi connectivity index (χ0) is 15.5. The third kappa shape index (κ3) is 3.68. The molecule has 7 heteroatoms. The number of carbonyl (C=O) groups is 1. The molecule has 2 aromatic rings. The fourth-order valence-corrected chi connectivity index (χ4v) is 2.93. The van der Waals surface area contributed by atoms with Gasteiger partial charge in [-0.3, -0.25) is 9.63 Å². The highest BCUT2D eigenvalue weighted by Crippen LogP contribution is 2.40. The van der Waals surface area contributed by atoms with Gasteiger partial charge in [0.2, 0.25) is 5.91 Å². The SMILES string of the molecule is CONC(=O)CCC(F)(F)c1cc2cc(OC)ccc2s1. The summed E-state index contributed by atoms with van der Waals surface area (Å²) in [5.41, 5.74) is 2.03. The molecule has 2 rings (SSSR count). The van der Waals surface area contributed by atoms with Gasteiger partial charge in [-0.15, -0.1) is 11.3 Å². The van der Waals surface area contributed by atoms with E-state index in [4.69, 9.17) is 4.74 Å². The number of halogens is 2. The summed E-state index contributed by atoms with van der Waals surface area (Å²) in [6.45, 7) is 0. The summed E-state index contributed by atoms with van der Waals surface area (Å²) in [5.74, 6) is -3.00. The normalized spacial score (nSPS) is 11.6. The van der Waals surface area contributed by atoms with E-state index < -0.39 is 18.3 Å². The largest absolute Gasteiger partial charge is 0.497 e. The molecule has 1 amide bonds. The van der Waals surface area contributed by atoms with Gasteiger partial charge in [0.25, 0.3) is 5.92 Å². The van der Waals surface area contributed by atoms with Crippen molar-refractivity contribution in [2.45, 2.75) is 18.8 Å². The fraction of sp³-hybridized carbons (Fsp3) is 0.357. The lowest BCUT2D eigenvalue weighted by Gasteiger charge is -2.13. The molecule has 21 heavy (non-hydrogen) atoms. The van der Waals surface area contributed by atoms with E-state index in [0.29, 0.717) is 11.1 Å². The first kappa shape index (κ1) is 15.7. The lowest BCUT2D eigenvalue weighted by Crippen LogP contribution is -2.24. The number of hydrogen-bond acceptors (Lipinski definition) is 4. The molecule has 1 aromatic heterocycles. The van der Waals surface area contributed by atoms with Crippen molar-refractivity contribution in [1.29, 1.82) is 0 Å². The lowest BCUT2D eigenvalue weighted by atomic mass is 10.1. The van der Waals surface area contributed by atoms with Gasteiger partial charge >= 0.3 is 0 Å². The van der Waals surface area contributed by atoms with Gasteiger partial charge in [0.05, 0.1) is 19.1 Å². The first-order chi connectivity index (χ1) is 9.96. The summed E-state index contributed by atoms with van der Waals surface area (Å²) in [4.78, 5) is 15.5. The molecule has 4 nitrogen and oxygen atoms in total. The smallest absolute Gasteiger partial charge is 0.282 e. The van der Waals surface area contributed by atoms with Gasteiger partial charge in [-0.1, -0.05) is 0 Å². The fourth-order valence-electron chi connectivity index (χ4n) is 1.89. The van der Waals surface area contributed by atoms with Gasteiger partial charge in [-0.2, -0.15) is 0 Å². The second-order valence-electron chi connectivity index (χ2n) is 4.45. The average Bonchev–Trinajstić information content (AvgIpc) is 2.89. The van der Waals surface area contributed by atoms with Crippen LogP contribution in [0.15, 0.2) is 24.3 Å². The quantitative estimate of drug-likeness (QED) is 0.831. The number of rotatable bonds is 6. The minimum Gasteiger partial charge on any atom is -0.497 e. The monoisotopic (exact) mass is 315 g/mol. The highest BCUT2D eigenvalue weighted by atomic mass is 32.1. The molecule has 0 radical (unpaired) electrons. The summed E-state index contributed by atoms with van der Waals surface area (Å²) in [5, 5.41) is 0.704. The van der Waals surface area contributed by atoms with E-state index in [1.807, 2.05) is 5.48 Å². The Kier molecular flexibility index (Phi) is 4.74.